The molecule has 0 radical (unpaired) electrons. The van der Waals surface area contributed by atoms with Gasteiger partial charge in [0.25, 0.3) is 0 Å². The van der Waals surface area contributed by atoms with Crippen LogP contribution in [0.5, 0.6) is 5.75 Å². The average molecular weight is 368 g/mol. The number of benzene rings is 2. The highest BCUT2D eigenvalue weighted by atomic mass is 19.1. The van der Waals surface area contributed by atoms with Crippen LogP contribution in [0.3, 0.4) is 0 Å². The predicted molar refractivity (Wildman–Crippen MR) is 104 cm³/mol. The number of ether oxygens (including phenoxy) is 1. The first kappa shape index (κ1) is 18.4. The summed E-state index contributed by atoms with van der Waals surface area (Å²) in [6.45, 7) is 1.67. The van der Waals surface area contributed by atoms with Crippen molar-refractivity contribution in [2.75, 3.05) is 31.6 Å². The topological polar surface area (TPSA) is 75.3 Å². The second kappa shape index (κ2) is 9.38. The van der Waals surface area contributed by atoms with Gasteiger partial charge in [-0.25, -0.2) is 14.2 Å². The second-order valence-electron chi connectivity index (χ2n) is 5.80. The van der Waals surface area contributed by atoms with Gasteiger partial charge in [0, 0.05) is 18.5 Å². The number of fused-ring (bicyclic) bond motifs is 1. The Balaban J connectivity index is 1.29. The number of halogens is 1. The molecule has 2 amide bonds. The normalized spacial score (nSPS) is 10.4. The Morgan fingerprint density at radius 2 is 1.70 bits per heavy atom. The summed E-state index contributed by atoms with van der Waals surface area (Å²) in [7, 11) is 0. The molecule has 0 bridgehead atoms. The number of rotatable bonds is 8. The SMILES string of the molecule is O=C(NCCNc1ccc2ccccc2n1)NCCOc1ccc(F)cc1. The van der Waals surface area contributed by atoms with Crippen LogP contribution in [0.25, 0.3) is 10.9 Å². The molecule has 0 aliphatic heterocycles. The van der Waals surface area contributed by atoms with Crippen LogP contribution in [-0.2, 0) is 0 Å². The number of aromatic nitrogens is 1. The van der Waals surface area contributed by atoms with Crippen molar-refractivity contribution < 1.29 is 13.9 Å². The highest BCUT2D eigenvalue weighted by molar-refractivity contribution is 5.80. The fourth-order valence-electron chi connectivity index (χ4n) is 2.46. The molecule has 1 aromatic heterocycles. The molecule has 3 aromatic rings. The first-order valence-electron chi connectivity index (χ1n) is 8.70. The van der Waals surface area contributed by atoms with Crippen molar-refractivity contribution in [1.29, 1.82) is 0 Å². The Bertz CT molecular complexity index is 887. The number of carbonyl (C=O) groups is 1. The summed E-state index contributed by atoms with van der Waals surface area (Å²) in [6.07, 6.45) is 0. The number of nitrogens with zero attached hydrogens (tertiary/aromatic N) is 1. The third-order valence-corrected chi connectivity index (χ3v) is 3.79. The number of carbonyl (C=O) groups excluding carboxylic acids is 1. The number of pyridine rings is 1. The van der Waals surface area contributed by atoms with E-state index in [4.69, 9.17) is 4.74 Å². The number of hydrogen-bond acceptors (Lipinski definition) is 4. The lowest BCUT2D eigenvalue weighted by Crippen LogP contribution is -2.39. The summed E-state index contributed by atoms with van der Waals surface area (Å²) in [5, 5.41) is 9.71. The monoisotopic (exact) mass is 368 g/mol. The van der Waals surface area contributed by atoms with Gasteiger partial charge in [0.1, 0.15) is 24.0 Å². The van der Waals surface area contributed by atoms with Crippen LogP contribution in [0, 0.1) is 5.82 Å². The van der Waals surface area contributed by atoms with Crippen LogP contribution < -0.4 is 20.7 Å². The fourth-order valence-corrected chi connectivity index (χ4v) is 2.46. The van der Waals surface area contributed by atoms with E-state index in [1.165, 1.54) is 12.1 Å². The smallest absolute Gasteiger partial charge is 0.314 e. The summed E-state index contributed by atoms with van der Waals surface area (Å²) in [4.78, 5) is 16.2. The summed E-state index contributed by atoms with van der Waals surface area (Å²) >= 11 is 0. The number of amides is 2. The molecule has 0 fully saturated rings. The van der Waals surface area contributed by atoms with Gasteiger partial charge in [-0.2, -0.15) is 0 Å². The minimum atomic E-state index is -0.313. The van der Waals surface area contributed by atoms with E-state index in [0.29, 0.717) is 32.0 Å². The Morgan fingerprint density at radius 1 is 0.926 bits per heavy atom. The van der Waals surface area contributed by atoms with Gasteiger partial charge in [-0.3, -0.25) is 0 Å². The van der Waals surface area contributed by atoms with Gasteiger partial charge in [-0.05, 0) is 42.5 Å². The molecule has 2 aromatic carbocycles. The molecule has 1 heterocycles. The van der Waals surface area contributed by atoms with Crippen LogP contribution in [-0.4, -0.2) is 37.3 Å². The Kier molecular flexibility index (Phi) is 6.40. The van der Waals surface area contributed by atoms with Crippen LogP contribution >= 0.6 is 0 Å². The molecule has 140 valence electrons. The zero-order valence-electron chi connectivity index (χ0n) is 14.7. The van der Waals surface area contributed by atoms with E-state index in [9.17, 15) is 9.18 Å². The first-order valence-corrected chi connectivity index (χ1v) is 8.70. The number of urea groups is 1. The quantitative estimate of drug-likeness (QED) is 0.534. The fraction of sp³-hybridized carbons (Fsp3) is 0.200. The van der Waals surface area contributed by atoms with Gasteiger partial charge >= 0.3 is 6.03 Å². The molecular weight excluding hydrogens is 347 g/mol. The summed E-state index contributed by atoms with van der Waals surface area (Å²) in [6, 6.07) is 17.3. The van der Waals surface area contributed by atoms with Gasteiger partial charge in [-0.15, -0.1) is 0 Å². The van der Waals surface area contributed by atoms with Crippen molar-refractivity contribution in [3.8, 4) is 5.75 Å². The molecule has 0 aliphatic carbocycles. The molecule has 3 rings (SSSR count). The largest absolute Gasteiger partial charge is 0.492 e. The van der Waals surface area contributed by atoms with Crippen LogP contribution in [0.4, 0.5) is 15.0 Å². The Labute approximate surface area is 156 Å². The summed E-state index contributed by atoms with van der Waals surface area (Å²) < 4.78 is 18.2. The van der Waals surface area contributed by atoms with Gasteiger partial charge in [-0.1, -0.05) is 18.2 Å². The Morgan fingerprint density at radius 3 is 2.56 bits per heavy atom. The average Bonchev–Trinajstić information content (AvgIpc) is 2.70. The molecule has 27 heavy (non-hydrogen) atoms. The zero-order chi connectivity index (χ0) is 18.9. The van der Waals surface area contributed by atoms with Crippen molar-refractivity contribution in [3.63, 3.8) is 0 Å². The Hall–Kier alpha value is -3.35. The van der Waals surface area contributed by atoms with Crippen LogP contribution in [0.2, 0.25) is 0 Å². The van der Waals surface area contributed by atoms with Crippen molar-refractivity contribution in [2.24, 2.45) is 0 Å². The third-order valence-electron chi connectivity index (χ3n) is 3.79. The highest BCUT2D eigenvalue weighted by Crippen LogP contribution is 2.14. The number of nitrogens with one attached hydrogen (secondary N) is 3. The predicted octanol–water partition coefficient (Wildman–Crippen LogP) is 3.16. The molecule has 0 saturated heterocycles. The van der Waals surface area contributed by atoms with E-state index >= 15 is 0 Å². The maximum Gasteiger partial charge on any atom is 0.314 e. The van der Waals surface area contributed by atoms with E-state index in [2.05, 4.69) is 20.9 Å². The second-order valence-corrected chi connectivity index (χ2v) is 5.80. The standard InChI is InChI=1S/C20H21FN4O2/c21-16-6-8-17(9-7-16)27-14-13-24-20(26)23-12-11-22-19-10-5-15-3-1-2-4-18(15)25-19/h1-10H,11-14H2,(H,22,25)(H2,23,24,26). The molecule has 6 nitrogen and oxygen atoms in total. The molecule has 0 saturated carbocycles. The maximum atomic E-state index is 12.8. The van der Waals surface area contributed by atoms with Gasteiger partial charge in [0.2, 0.25) is 0 Å². The first-order chi connectivity index (χ1) is 13.2. The highest BCUT2D eigenvalue weighted by Gasteiger charge is 2.01. The van der Waals surface area contributed by atoms with Gasteiger partial charge in [0.05, 0.1) is 12.1 Å². The molecular formula is C20H21FN4O2. The van der Waals surface area contributed by atoms with Gasteiger partial charge < -0.3 is 20.7 Å². The van der Waals surface area contributed by atoms with E-state index in [1.54, 1.807) is 12.1 Å². The van der Waals surface area contributed by atoms with Gasteiger partial charge in [0.15, 0.2) is 0 Å². The van der Waals surface area contributed by atoms with Crippen molar-refractivity contribution in [2.45, 2.75) is 0 Å². The van der Waals surface area contributed by atoms with Crippen LogP contribution in [0.1, 0.15) is 0 Å². The minimum Gasteiger partial charge on any atom is -0.492 e. The molecule has 3 N–H and O–H groups in total. The molecule has 0 unspecified atom stereocenters. The lowest BCUT2D eigenvalue weighted by molar-refractivity contribution is 0.237. The maximum absolute atomic E-state index is 12.8. The molecule has 0 atom stereocenters. The zero-order valence-corrected chi connectivity index (χ0v) is 14.7. The lowest BCUT2D eigenvalue weighted by Gasteiger charge is -2.10. The summed E-state index contributed by atoms with van der Waals surface area (Å²) in [5.74, 6) is 1.02. The number of para-hydroxylation sites is 1. The van der Waals surface area contributed by atoms with Crippen LogP contribution in [0.15, 0.2) is 60.7 Å². The lowest BCUT2D eigenvalue weighted by atomic mass is 10.2. The third kappa shape index (κ3) is 5.85. The van der Waals surface area contributed by atoms with Crippen molar-refractivity contribution in [3.05, 3.63) is 66.5 Å². The molecule has 0 spiro atoms. The molecule has 0 aliphatic rings. The van der Waals surface area contributed by atoms with E-state index in [0.717, 1.165) is 16.7 Å². The summed E-state index contributed by atoms with van der Waals surface area (Å²) in [5.41, 5.74) is 0.925. The number of anilines is 1. The minimum absolute atomic E-state index is 0.272. The van der Waals surface area contributed by atoms with E-state index in [-0.39, 0.29) is 11.8 Å². The van der Waals surface area contributed by atoms with Crippen molar-refractivity contribution >= 4 is 22.8 Å². The van der Waals surface area contributed by atoms with E-state index < -0.39 is 0 Å². The van der Waals surface area contributed by atoms with Crippen molar-refractivity contribution in [1.82, 2.24) is 15.6 Å². The number of hydrogen-bond donors (Lipinski definition) is 3. The van der Waals surface area contributed by atoms with E-state index in [1.807, 2.05) is 36.4 Å². The molecule has 7 heteroatoms.